The maximum absolute atomic E-state index is 12.3. The number of ether oxygens (including phenoxy) is 1. The van der Waals surface area contributed by atoms with Gasteiger partial charge in [0.2, 0.25) is 0 Å². The molecule has 0 radical (unpaired) electrons. The molecule has 0 spiro atoms. The third-order valence-corrected chi connectivity index (χ3v) is 3.70. The highest BCUT2D eigenvalue weighted by atomic mass is 32.2. The minimum Gasteiger partial charge on any atom is -0.496 e. The molecule has 1 aliphatic heterocycles. The standard InChI is InChI=1S/C12H16N2O2S/c1-16-11-8-9(13)2-3-10(11)12(15)14-4-6-17-7-5-14/h2-3,8H,4-7,13H2,1H3. The second-order valence-corrected chi connectivity index (χ2v) is 5.09. The van der Waals surface area contributed by atoms with Crippen LogP contribution in [0.5, 0.6) is 5.75 Å². The number of nitrogens with two attached hydrogens (primary N) is 1. The number of nitrogen functional groups attached to an aromatic ring is 1. The molecule has 1 amide bonds. The van der Waals surface area contributed by atoms with Crippen molar-refractivity contribution in [3.63, 3.8) is 0 Å². The van der Waals surface area contributed by atoms with Crippen LogP contribution in [0.1, 0.15) is 10.4 Å². The smallest absolute Gasteiger partial charge is 0.257 e. The zero-order valence-corrected chi connectivity index (χ0v) is 10.6. The molecule has 0 saturated carbocycles. The van der Waals surface area contributed by atoms with Crippen LogP contribution in [0.3, 0.4) is 0 Å². The topological polar surface area (TPSA) is 55.6 Å². The molecule has 92 valence electrons. The van der Waals surface area contributed by atoms with Gasteiger partial charge in [0, 0.05) is 36.3 Å². The van der Waals surface area contributed by atoms with Gasteiger partial charge >= 0.3 is 0 Å². The van der Waals surface area contributed by atoms with Crippen molar-refractivity contribution in [2.75, 3.05) is 37.4 Å². The van der Waals surface area contributed by atoms with Crippen molar-refractivity contribution in [1.29, 1.82) is 0 Å². The Morgan fingerprint density at radius 1 is 1.41 bits per heavy atom. The van der Waals surface area contributed by atoms with Crippen LogP contribution in [0, 0.1) is 0 Å². The summed E-state index contributed by atoms with van der Waals surface area (Å²) in [7, 11) is 1.55. The molecule has 1 heterocycles. The summed E-state index contributed by atoms with van der Waals surface area (Å²) in [6.45, 7) is 1.61. The van der Waals surface area contributed by atoms with Crippen LogP contribution in [-0.2, 0) is 0 Å². The Bertz CT molecular complexity index is 417. The lowest BCUT2D eigenvalue weighted by atomic mass is 10.1. The summed E-state index contributed by atoms with van der Waals surface area (Å²) >= 11 is 1.88. The molecule has 1 aliphatic rings. The fourth-order valence-electron chi connectivity index (χ4n) is 1.82. The summed E-state index contributed by atoms with van der Waals surface area (Å²) in [6, 6.07) is 5.15. The van der Waals surface area contributed by atoms with E-state index in [0.717, 1.165) is 24.6 Å². The van der Waals surface area contributed by atoms with Gasteiger partial charge in [-0.15, -0.1) is 0 Å². The summed E-state index contributed by atoms with van der Waals surface area (Å²) in [5, 5.41) is 0. The summed E-state index contributed by atoms with van der Waals surface area (Å²) < 4.78 is 5.21. The fraction of sp³-hybridized carbons (Fsp3) is 0.417. The Hall–Kier alpha value is -1.36. The zero-order valence-electron chi connectivity index (χ0n) is 9.81. The molecule has 1 saturated heterocycles. The Morgan fingerprint density at radius 3 is 2.76 bits per heavy atom. The normalized spacial score (nSPS) is 15.7. The van der Waals surface area contributed by atoms with Gasteiger partial charge in [0.25, 0.3) is 5.91 Å². The molecule has 1 fully saturated rings. The van der Waals surface area contributed by atoms with Crippen LogP contribution in [0.2, 0.25) is 0 Å². The quantitative estimate of drug-likeness (QED) is 0.810. The Kier molecular flexibility index (Phi) is 3.78. The van der Waals surface area contributed by atoms with Crippen LogP contribution in [0.15, 0.2) is 18.2 Å². The third-order valence-electron chi connectivity index (χ3n) is 2.75. The number of methoxy groups -OCH3 is 1. The van der Waals surface area contributed by atoms with E-state index in [-0.39, 0.29) is 5.91 Å². The first-order valence-corrected chi connectivity index (χ1v) is 6.68. The summed E-state index contributed by atoms with van der Waals surface area (Å²) in [5.41, 5.74) is 6.87. The van der Waals surface area contributed by atoms with E-state index in [2.05, 4.69) is 0 Å². The van der Waals surface area contributed by atoms with Crippen molar-refractivity contribution < 1.29 is 9.53 Å². The number of hydrogen-bond donors (Lipinski definition) is 1. The average molecular weight is 252 g/mol. The van der Waals surface area contributed by atoms with Crippen LogP contribution in [0.25, 0.3) is 0 Å². The number of nitrogens with zero attached hydrogens (tertiary/aromatic N) is 1. The van der Waals surface area contributed by atoms with E-state index >= 15 is 0 Å². The second-order valence-electron chi connectivity index (χ2n) is 3.86. The lowest BCUT2D eigenvalue weighted by Crippen LogP contribution is -2.38. The number of benzene rings is 1. The molecule has 2 N–H and O–H groups in total. The SMILES string of the molecule is COc1cc(N)ccc1C(=O)N1CCSCC1. The number of carbonyl (C=O) groups is 1. The second kappa shape index (κ2) is 5.31. The number of rotatable bonds is 2. The van der Waals surface area contributed by atoms with Gasteiger partial charge in [-0.2, -0.15) is 11.8 Å². The summed E-state index contributed by atoms with van der Waals surface area (Å²) in [4.78, 5) is 14.2. The van der Waals surface area contributed by atoms with Crippen LogP contribution in [0.4, 0.5) is 5.69 Å². The molecule has 5 heteroatoms. The van der Waals surface area contributed by atoms with Crippen LogP contribution in [-0.4, -0.2) is 42.5 Å². The zero-order chi connectivity index (χ0) is 12.3. The fourth-order valence-corrected chi connectivity index (χ4v) is 2.72. The lowest BCUT2D eigenvalue weighted by molar-refractivity contribution is 0.0769. The average Bonchev–Trinajstić information content (AvgIpc) is 2.39. The van der Waals surface area contributed by atoms with E-state index in [1.54, 1.807) is 25.3 Å². The van der Waals surface area contributed by atoms with E-state index in [1.807, 2.05) is 16.7 Å². The van der Waals surface area contributed by atoms with Gasteiger partial charge < -0.3 is 15.4 Å². The molecule has 0 unspecified atom stereocenters. The van der Waals surface area contributed by atoms with Gasteiger partial charge in [0.15, 0.2) is 0 Å². The van der Waals surface area contributed by atoms with Gasteiger partial charge in [-0.1, -0.05) is 0 Å². The van der Waals surface area contributed by atoms with Gasteiger partial charge in [0.1, 0.15) is 5.75 Å². The van der Waals surface area contributed by atoms with Crippen molar-refractivity contribution in [3.8, 4) is 5.75 Å². The predicted octanol–water partition coefficient (Wildman–Crippen LogP) is 1.47. The molecule has 1 aromatic rings. The first kappa shape index (κ1) is 12.1. The molecule has 0 aliphatic carbocycles. The van der Waals surface area contributed by atoms with Crippen molar-refractivity contribution in [3.05, 3.63) is 23.8 Å². The van der Waals surface area contributed by atoms with E-state index in [0.29, 0.717) is 17.0 Å². The van der Waals surface area contributed by atoms with Gasteiger partial charge in [-0.3, -0.25) is 4.79 Å². The summed E-state index contributed by atoms with van der Waals surface area (Å²) in [5.74, 6) is 2.59. The highest BCUT2D eigenvalue weighted by Gasteiger charge is 2.21. The Morgan fingerprint density at radius 2 is 2.12 bits per heavy atom. The molecule has 4 nitrogen and oxygen atoms in total. The van der Waals surface area contributed by atoms with E-state index in [1.165, 1.54) is 0 Å². The number of hydrogen-bond acceptors (Lipinski definition) is 4. The molecular formula is C12H16N2O2S. The molecule has 0 aromatic heterocycles. The first-order valence-electron chi connectivity index (χ1n) is 5.53. The Labute approximate surface area is 105 Å². The molecule has 0 atom stereocenters. The molecule has 2 rings (SSSR count). The van der Waals surface area contributed by atoms with Crippen molar-refractivity contribution >= 4 is 23.4 Å². The van der Waals surface area contributed by atoms with E-state index in [4.69, 9.17) is 10.5 Å². The van der Waals surface area contributed by atoms with E-state index in [9.17, 15) is 4.79 Å². The molecular weight excluding hydrogens is 236 g/mol. The minimum absolute atomic E-state index is 0.0298. The molecule has 17 heavy (non-hydrogen) atoms. The van der Waals surface area contributed by atoms with Crippen molar-refractivity contribution in [2.45, 2.75) is 0 Å². The number of anilines is 1. The minimum atomic E-state index is 0.0298. The number of amides is 1. The lowest BCUT2D eigenvalue weighted by Gasteiger charge is -2.27. The van der Waals surface area contributed by atoms with Gasteiger partial charge in [-0.25, -0.2) is 0 Å². The predicted molar refractivity (Wildman–Crippen MR) is 70.6 cm³/mol. The third kappa shape index (κ3) is 2.66. The first-order chi connectivity index (χ1) is 8.22. The van der Waals surface area contributed by atoms with Gasteiger partial charge in [-0.05, 0) is 12.1 Å². The molecule has 0 bridgehead atoms. The Balaban J connectivity index is 2.23. The van der Waals surface area contributed by atoms with Crippen molar-refractivity contribution in [2.24, 2.45) is 0 Å². The highest BCUT2D eigenvalue weighted by Crippen LogP contribution is 2.24. The highest BCUT2D eigenvalue weighted by molar-refractivity contribution is 7.99. The largest absolute Gasteiger partial charge is 0.496 e. The number of carbonyl (C=O) groups excluding carboxylic acids is 1. The maximum atomic E-state index is 12.3. The van der Waals surface area contributed by atoms with E-state index < -0.39 is 0 Å². The van der Waals surface area contributed by atoms with Crippen molar-refractivity contribution in [1.82, 2.24) is 4.90 Å². The van der Waals surface area contributed by atoms with Crippen LogP contribution >= 0.6 is 11.8 Å². The van der Waals surface area contributed by atoms with Crippen LogP contribution < -0.4 is 10.5 Å². The molecule has 1 aromatic carbocycles. The summed E-state index contributed by atoms with van der Waals surface area (Å²) in [6.07, 6.45) is 0. The number of thioether (sulfide) groups is 1. The monoisotopic (exact) mass is 252 g/mol. The maximum Gasteiger partial charge on any atom is 0.257 e. The van der Waals surface area contributed by atoms with Gasteiger partial charge in [0.05, 0.1) is 12.7 Å².